The number of hydrogen-bond donors (Lipinski definition) is 0. The number of aliphatic imine (C=N–C) groups is 1. The molecule has 0 saturated carbocycles. The Bertz CT molecular complexity index is 853. The van der Waals surface area contributed by atoms with Crippen LogP contribution in [0.3, 0.4) is 0 Å². The lowest BCUT2D eigenvalue weighted by molar-refractivity contribution is 0.504. The van der Waals surface area contributed by atoms with Gasteiger partial charge in [-0.05, 0) is 16.7 Å². The maximum absolute atomic E-state index is 5.18. The van der Waals surface area contributed by atoms with E-state index in [-0.39, 0.29) is 6.04 Å². The van der Waals surface area contributed by atoms with Crippen molar-refractivity contribution in [2.24, 2.45) is 4.99 Å². The van der Waals surface area contributed by atoms with Crippen LogP contribution in [0.5, 0.6) is 0 Å². The van der Waals surface area contributed by atoms with Crippen LogP contribution in [-0.4, -0.2) is 17.8 Å². The molecule has 3 aromatic rings. The van der Waals surface area contributed by atoms with Crippen LogP contribution < -0.4 is 0 Å². The monoisotopic (exact) mass is 312 g/mol. The Hall–Kier alpha value is -2.87. The molecule has 0 aromatic heterocycles. The molecular weight excluding hydrogens is 292 g/mol. The summed E-state index contributed by atoms with van der Waals surface area (Å²) in [6, 6.07) is 29.7. The van der Waals surface area contributed by atoms with E-state index in [1.54, 1.807) is 0 Å². The first kappa shape index (κ1) is 14.7. The van der Waals surface area contributed by atoms with Crippen molar-refractivity contribution in [2.75, 3.05) is 7.05 Å². The molecule has 0 radical (unpaired) electrons. The second kappa shape index (κ2) is 6.32. The van der Waals surface area contributed by atoms with Crippen molar-refractivity contribution < 1.29 is 0 Å². The summed E-state index contributed by atoms with van der Waals surface area (Å²) in [5.74, 6) is 1.04. The second-order valence-electron chi connectivity index (χ2n) is 6.19. The number of nitrogens with zero attached hydrogens (tertiary/aromatic N) is 2. The highest BCUT2D eigenvalue weighted by molar-refractivity contribution is 5.99. The van der Waals surface area contributed by atoms with Crippen molar-refractivity contribution in [2.45, 2.75) is 12.6 Å². The van der Waals surface area contributed by atoms with E-state index in [4.69, 9.17) is 4.99 Å². The molecule has 2 nitrogen and oxygen atoms in total. The smallest absolute Gasteiger partial charge is 0.131 e. The Balaban J connectivity index is 1.90. The molecule has 118 valence electrons. The third-order valence-electron chi connectivity index (χ3n) is 4.52. The van der Waals surface area contributed by atoms with Crippen molar-refractivity contribution in [1.29, 1.82) is 0 Å². The summed E-state index contributed by atoms with van der Waals surface area (Å²) in [6.07, 6.45) is 0. The Morgan fingerprint density at radius 2 is 1.42 bits per heavy atom. The summed E-state index contributed by atoms with van der Waals surface area (Å²) in [5, 5.41) is 0. The van der Waals surface area contributed by atoms with Gasteiger partial charge >= 0.3 is 0 Å². The molecule has 0 spiro atoms. The molecule has 4 rings (SSSR count). The summed E-state index contributed by atoms with van der Waals surface area (Å²) in [7, 11) is 2.12. The van der Waals surface area contributed by atoms with E-state index in [1.807, 2.05) is 6.07 Å². The normalized spacial score (nSPS) is 17.0. The SMILES string of the molecule is CN1Cc2ccccc2[C@@H](c2ccccc2)N=C1c1ccccc1. The largest absolute Gasteiger partial charge is 0.355 e. The second-order valence-corrected chi connectivity index (χ2v) is 6.19. The van der Waals surface area contributed by atoms with Gasteiger partial charge in [0.15, 0.2) is 0 Å². The third-order valence-corrected chi connectivity index (χ3v) is 4.52. The topological polar surface area (TPSA) is 15.6 Å². The molecule has 0 aliphatic carbocycles. The predicted octanol–water partition coefficient (Wildman–Crippen LogP) is 4.67. The summed E-state index contributed by atoms with van der Waals surface area (Å²) in [4.78, 5) is 7.43. The Morgan fingerprint density at radius 3 is 2.17 bits per heavy atom. The van der Waals surface area contributed by atoms with E-state index in [0.29, 0.717) is 0 Å². The van der Waals surface area contributed by atoms with Gasteiger partial charge in [-0.15, -0.1) is 0 Å². The molecule has 0 N–H and O–H groups in total. The van der Waals surface area contributed by atoms with Crippen LogP contribution in [0.4, 0.5) is 0 Å². The molecular formula is C22H20N2. The van der Waals surface area contributed by atoms with Gasteiger partial charge in [-0.2, -0.15) is 0 Å². The zero-order chi connectivity index (χ0) is 16.4. The van der Waals surface area contributed by atoms with Crippen LogP contribution >= 0.6 is 0 Å². The van der Waals surface area contributed by atoms with E-state index >= 15 is 0 Å². The first-order valence-electron chi connectivity index (χ1n) is 8.30. The van der Waals surface area contributed by atoms with Crippen molar-refractivity contribution >= 4 is 5.84 Å². The number of fused-ring (bicyclic) bond motifs is 1. The average Bonchev–Trinajstić information content (AvgIpc) is 2.79. The van der Waals surface area contributed by atoms with Crippen molar-refractivity contribution in [1.82, 2.24) is 4.90 Å². The minimum Gasteiger partial charge on any atom is -0.355 e. The lowest BCUT2D eigenvalue weighted by atomic mass is 9.95. The van der Waals surface area contributed by atoms with Gasteiger partial charge < -0.3 is 4.90 Å². The molecule has 0 bridgehead atoms. The predicted molar refractivity (Wildman–Crippen MR) is 99.2 cm³/mol. The fraction of sp³-hybridized carbons (Fsp3) is 0.136. The number of benzene rings is 3. The molecule has 1 aliphatic rings. The van der Waals surface area contributed by atoms with Gasteiger partial charge in [0.1, 0.15) is 11.9 Å². The lowest BCUT2D eigenvalue weighted by Crippen LogP contribution is -2.26. The van der Waals surface area contributed by atoms with Gasteiger partial charge in [0, 0.05) is 19.2 Å². The number of amidine groups is 1. The summed E-state index contributed by atoms with van der Waals surface area (Å²) >= 11 is 0. The molecule has 0 saturated heterocycles. The lowest BCUT2D eigenvalue weighted by Gasteiger charge is -2.20. The maximum Gasteiger partial charge on any atom is 0.131 e. The Kier molecular flexibility index (Phi) is 3.87. The maximum atomic E-state index is 5.18. The highest BCUT2D eigenvalue weighted by Gasteiger charge is 2.23. The van der Waals surface area contributed by atoms with E-state index < -0.39 is 0 Å². The molecule has 1 heterocycles. The molecule has 2 heteroatoms. The van der Waals surface area contributed by atoms with Crippen LogP contribution in [0.2, 0.25) is 0 Å². The molecule has 1 atom stereocenters. The van der Waals surface area contributed by atoms with Gasteiger partial charge in [0.2, 0.25) is 0 Å². The minimum atomic E-state index is 0.0301. The summed E-state index contributed by atoms with van der Waals surface area (Å²) < 4.78 is 0. The van der Waals surface area contributed by atoms with Crippen molar-refractivity contribution in [3.05, 3.63) is 107 Å². The zero-order valence-corrected chi connectivity index (χ0v) is 13.8. The standard InChI is InChI=1S/C22H20N2/c1-24-16-19-14-8-9-15-20(19)21(17-10-4-2-5-11-17)23-22(24)18-12-6-3-7-13-18/h2-15,21H,16H2,1H3/t21-/m1/s1. The fourth-order valence-corrected chi connectivity index (χ4v) is 3.34. The van der Waals surface area contributed by atoms with E-state index in [0.717, 1.165) is 17.9 Å². The first-order chi connectivity index (χ1) is 11.8. The quantitative estimate of drug-likeness (QED) is 0.671. The van der Waals surface area contributed by atoms with Crippen LogP contribution in [0.25, 0.3) is 0 Å². The summed E-state index contributed by atoms with van der Waals surface area (Å²) in [6.45, 7) is 0.868. The first-order valence-corrected chi connectivity index (χ1v) is 8.30. The average molecular weight is 312 g/mol. The van der Waals surface area contributed by atoms with E-state index in [9.17, 15) is 0 Å². The van der Waals surface area contributed by atoms with Crippen LogP contribution in [-0.2, 0) is 6.54 Å². The molecule has 1 aliphatic heterocycles. The van der Waals surface area contributed by atoms with Gasteiger partial charge in [-0.25, -0.2) is 0 Å². The van der Waals surface area contributed by atoms with Crippen molar-refractivity contribution in [3.8, 4) is 0 Å². The molecule has 3 aromatic carbocycles. The summed E-state index contributed by atoms with van der Waals surface area (Å²) in [5.41, 5.74) is 5.02. The molecule has 0 unspecified atom stereocenters. The van der Waals surface area contributed by atoms with Gasteiger partial charge in [-0.3, -0.25) is 4.99 Å². The van der Waals surface area contributed by atoms with Crippen LogP contribution in [0, 0.1) is 0 Å². The van der Waals surface area contributed by atoms with Gasteiger partial charge in [-0.1, -0.05) is 84.9 Å². The highest BCUT2D eigenvalue weighted by Crippen LogP contribution is 2.32. The van der Waals surface area contributed by atoms with Crippen molar-refractivity contribution in [3.63, 3.8) is 0 Å². The van der Waals surface area contributed by atoms with Gasteiger partial charge in [0.25, 0.3) is 0 Å². The fourth-order valence-electron chi connectivity index (χ4n) is 3.34. The number of hydrogen-bond acceptors (Lipinski definition) is 2. The van der Waals surface area contributed by atoms with E-state index in [2.05, 4.69) is 90.8 Å². The highest BCUT2D eigenvalue weighted by atomic mass is 15.2. The van der Waals surface area contributed by atoms with Crippen LogP contribution in [0.1, 0.15) is 28.3 Å². The molecule has 0 fully saturated rings. The third kappa shape index (κ3) is 2.71. The van der Waals surface area contributed by atoms with Gasteiger partial charge in [0.05, 0.1) is 0 Å². The zero-order valence-electron chi connectivity index (χ0n) is 13.8. The van der Waals surface area contributed by atoms with E-state index in [1.165, 1.54) is 16.7 Å². The molecule has 24 heavy (non-hydrogen) atoms. The number of rotatable bonds is 2. The Labute approximate surface area is 143 Å². The molecule has 0 amide bonds. The Morgan fingerprint density at radius 1 is 0.792 bits per heavy atom. The van der Waals surface area contributed by atoms with Crippen LogP contribution in [0.15, 0.2) is 89.9 Å². The minimum absolute atomic E-state index is 0.0301.